The number of nitrogens with one attached hydrogen (secondary N) is 2. The number of nitrogens with two attached hydrogens (primary N) is 1. The van der Waals surface area contributed by atoms with Crippen LogP contribution in [0.5, 0.6) is 0 Å². The molecule has 6 N–H and O–H groups in total. The Labute approximate surface area is 231 Å². The van der Waals surface area contributed by atoms with Crippen molar-refractivity contribution in [3.8, 4) is 0 Å². The van der Waals surface area contributed by atoms with Crippen LogP contribution < -0.4 is 16.4 Å². The smallest absolute Gasteiger partial charge is 0.406 e. The number of benzene rings is 1. The summed E-state index contributed by atoms with van der Waals surface area (Å²) in [6.07, 6.45) is 7.66. The Morgan fingerprint density at radius 2 is 2.00 bits per heavy atom. The molecule has 0 spiro atoms. The molecule has 2 fully saturated rings. The molecular formula is C28H45ClN4O5. The molecule has 4 atom stereocenters. The standard InChI is InChI=1S/C28H45ClN4O5/c1-38-27(36)31-14-7-13-28(37,21-10-5-12-23(29)17-21)22-11-6-15-33(19-22)26(35)32-24(25(34)18-30)16-20-8-3-2-4-9-20/h5,10,12,17,20,22,24-25,34,37H,2-4,6-9,11,13-16,18-19,30H2,1H3,(H,31,36)(H,32,35)/t22-,24+,25+,28-/m1/s1. The summed E-state index contributed by atoms with van der Waals surface area (Å²) >= 11 is 6.28. The second-order valence-electron chi connectivity index (χ2n) is 10.8. The number of ether oxygens (including phenoxy) is 1. The van der Waals surface area contributed by atoms with Crippen molar-refractivity contribution in [1.29, 1.82) is 0 Å². The third-order valence-corrected chi connectivity index (χ3v) is 8.46. The van der Waals surface area contributed by atoms with Crippen LogP contribution in [0, 0.1) is 11.8 Å². The highest BCUT2D eigenvalue weighted by atomic mass is 35.5. The molecule has 3 rings (SSSR count). The quantitative estimate of drug-likeness (QED) is 0.265. The molecular weight excluding hydrogens is 508 g/mol. The molecule has 0 radical (unpaired) electrons. The molecule has 3 amide bonds. The van der Waals surface area contributed by atoms with Crippen LogP contribution in [0.4, 0.5) is 9.59 Å². The van der Waals surface area contributed by atoms with E-state index < -0.39 is 23.8 Å². The molecule has 0 bridgehead atoms. The number of hydrogen-bond donors (Lipinski definition) is 5. The van der Waals surface area contributed by atoms with Gasteiger partial charge in [0, 0.05) is 37.1 Å². The number of carbonyl (C=O) groups is 2. The van der Waals surface area contributed by atoms with Crippen molar-refractivity contribution in [1.82, 2.24) is 15.5 Å². The first-order valence-corrected chi connectivity index (χ1v) is 14.4. The fourth-order valence-electron chi connectivity index (χ4n) is 6.02. The first-order chi connectivity index (χ1) is 18.3. The maximum atomic E-state index is 13.4. The lowest BCUT2D eigenvalue weighted by molar-refractivity contribution is -0.0554. The van der Waals surface area contributed by atoms with Crippen molar-refractivity contribution >= 4 is 23.7 Å². The Bertz CT molecular complexity index is 900. The molecule has 214 valence electrons. The summed E-state index contributed by atoms with van der Waals surface area (Å²) in [5.74, 6) is 0.255. The summed E-state index contributed by atoms with van der Waals surface area (Å²) < 4.78 is 4.64. The lowest BCUT2D eigenvalue weighted by atomic mass is 9.74. The summed E-state index contributed by atoms with van der Waals surface area (Å²) in [4.78, 5) is 26.6. The van der Waals surface area contributed by atoms with Gasteiger partial charge < -0.3 is 36.2 Å². The van der Waals surface area contributed by atoms with Crippen LogP contribution in [0.25, 0.3) is 0 Å². The van der Waals surface area contributed by atoms with E-state index in [-0.39, 0.29) is 18.5 Å². The number of aliphatic hydroxyl groups excluding tert-OH is 1. The van der Waals surface area contributed by atoms with E-state index in [9.17, 15) is 19.8 Å². The van der Waals surface area contributed by atoms with E-state index in [4.69, 9.17) is 17.3 Å². The fraction of sp³-hybridized carbons (Fsp3) is 0.714. The fourth-order valence-corrected chi connectivity index (χ4v) is 6.21. The monoisotopic (exact) mass is 552 g/mol. The van der Waals surface area contributed by atoms with Crippen LogP contribution in [-0.4, -0.2) is 72.7 Å². The largest absolute Gasteiger partial charge is 0.453 e. The molecule has 1 aliphatic carbocycles. The van der Waals surface area contributed by atoms with Crippen molar-refractivity contribution in [3.63, 3.8) is 0 Å². The number of likely N-dealkylation sites (tertiary alicyclic amines) is 1. The summed E-state index contributed by atoms with van der Waals surface area (Å²) in [5.41, 5.74) is 5.24. The van der Waals surface area contributed by atoms with E-state index in [0.717, 1.165) is 32.1 Å². The number of methoxy groups -OCH3 is 1. The number of nitrogens with zero attached hydrogens (tertiary/aromatic N) is 1. The SMILES string of the molecule is COC(=O)NCCC[C@@](O)(c1cccc(Cl)c1)[C@@H]1CCCN(C(=O)N[C@@H](CC2CCCCC2)[C@@H](O)CN)C1. The maximum absolute atomic E-state index is 13.4. The third kappa shape index (κ3) is 8.46. The van der Waals surface area contributed by atoms with E-state index in [1.54, 1.807) is 17.0 Å². The third-order valence-electron chi connectivity index (χ3n) is 8.22. The van der Waals surface area contributed by atoms with Gasteiger partial charge in [0.2, 0.25) is 0 Å². The normalized spacial score (nSPS) is 21.7. The minimum Gasteiger partial charge on any atom is -0.453 e. The topological polar surface area (TPSA) is 137 Å². The van der Waals surface area contributed by atoms with Gasteiger partial charge >= 0.3 is 12.1 Å². The van der Waals surface area contributed by atoms with Gasteiger partial charge in [0.05, 0.1) is 24.9 Å². The molecule has 9 nitrogen and oxygen atoms in total. The first-order valence-electron chi connectivity index (χ1n) is 14.0. The molecule has 1 saturated carbocycles. The van der Waals surface area contributed by atoms with Crippen molar-refractivity contribution in [3.05, 3.63) is 34.9 Å². The van der Waals surface area contributed by atoms with Crippen LogP contribution in [0.2, 0.25) is 5.02 Å². The number of piperidine rings is 1. The van der Waals surface area contributed by atoms with Crippen LogP contribution >= 0.6 is 11.6 Å². The predicted octanol–water partition coefficient (Wildman–Crippen LogP) is 3.74. The van der Waals surface area contributed by atoms with Crippen LogP contribution in [0.3, 0.4) is 0 Å². The molecule has 2 aliphatic rings. The Balaban J connectivity index is 1.70. The van der Waals surface area contributed by atoms with Crippen molar-refractivity contribution in [2.24, 2.45) is 17.6 Å². The zero-order chi connectivity index (χ0) is 27.5. The van der Waals surface area contributed by atoms with E-state index in [1.807, 2.05) is 12.1 Å². The molecule has 1 aliphatic heterocycles. The Morgan fingerprint density at radius 1 is 1.24 bits per heavy atom. The minimum absolute atomic E-state index is 0.0917. The molecule has 0 aromatic heterocycles. The number of alkyl carbamates (subject to hydrolysis) is 1. The highest BCUT2D eigenvalue weighted by molar-refractivity contribution is 6.30. The average molecular weight is 553 g/mol. The molecule has 38 heavy (non-hydrogen) atoms. The van der Waals surface area contributed by atoms with Gasteiger partial charge in [-0.2, -0.15) is 0 Å². The van der Waals surface area contributed by atoms with Crippen LogP contribution in [0.1, 0.15) is 69.8 Å². The van der Waals surface area contributed by atoms with Gasteiger partial charge in [-0.05, 0) is 55.7 Å². The molecule has 1 heterocycles. The number of hydrogen-bond acceptors (Lipinski definition) is 6. The van der Waals surface area contributed by atoms with E-state index in [1.165, 1.54) is 26.4 Å². The predicted molar refractivity (Wildman–Crippen MR) is 148 cm³/mol. The molecule has 0 unspecified atom stereocenters. The first kappa shape index (κ1) is 30.5. The van der Waals surface area contributed by atoms with Crippen LogP contribution in [0.15, 0.2) is 24.3 Å². The number of aliphatic hydroxyl groups is 2. The van der Waals surface area contributed by atoms with Gasteiger partial charge in [0.1, 0.15) is 0 Å². The highest BCUT2D eigenvalue weighted by Gasteiger charge is 2.41. The van der Waals surface area contributed by atoms with Gasteiger partial charge in [0.25, 0.3) is 0 Å². The Kier molecular flexibility index (Phi) is 12.0. The number of halogens is 1. The van der Waals surface area contributed by atoms with Gasteiger partial charge in [-0.1, -0.05) is 55.8 Å². The zero-order valence-electron chi connectivity index (χ0n) is 22.5. The maximum Gasteiger partial charge on any atom is 0.406 e. The van der Waals surface area contributed by atoms with E-state index in [2.05, 4.69) is 15.4 Å². The van der Waals surface area contributed by atoms with Crippen molar-refractivity contribution in [2.75, 3.05) is 33.3 Å². The van der Waals surface area contributed by atoms with Gasteiger partial charge in [0.15, 0.2) is 0 Å². The number of amides is 3. The van der Waals surface area contributed by atoms with E-state index in [0.29, 0.717) is 49.0 Å². The van der Waals surface area contributed by atoms with Crippen molar-refractivity contribution in [2.45, 2.75) is 82.0 Å². The molecule has 1 saturated heterocycles. The zero-order valence-corrected chi connectivity index (χ0v) is 23.3. The number of carbonyl (C=O) groups excluding carboxylic acids is 2. The summed E-state index contributed by atoms with van der Waals surface area (Å²) in [6.45, 7) is 1.39. The highest BCUT2D eigenvalue weighted by Crippen LogP contribution is 2.40. The van der Waals surface area contributed by atoms with Gasteiger partial charge in [-0.15, -0.1) is 0 Å². The minimum atomic E-state index is -1.24. The van der Waals surface area contributed by atoms with Gasteiger partial charge in [-0.3, -0.25) is 0 Å². The summed E-state index contributed by atoms with van der Waals surface area (Å²) in [5, 5.41) is 28.9. The second kappa shape index (κ2) is 14.9. The lowest BCUT2D eigenvalue weighted by Gasteiger charge is -2.43. The van der Waals surface area contributed by atoms with E-state index >= 15 is 0 Å². The Hall–Kier alpha value is -2.07. The lowest BCUT2D eigenvalue weighted by Crippen LogP contribution is -2.55. The number of rotatable bonds is 11. The van der Waals surface area contributed by atoms with Crippen molar-refractivity contribution < 1.29 is 24.5 Å². The molecule has 1 aromatic carbocycles. The average Bonchev–Trinajstić information content (AvgIpc) is 2.94. The molecule has 1 aromatic rings. The van der Waals surface area contributed by atoms with Gasteiger partial charge in [-0.25, -0.2) is 9.59 Å². The Morgan fingerprint density at radius 3 is 2.68 bits per heavy atom. The summed E-state index contributed by atoms with van der Waals surface area (Å²) in [6, 6.07) is 6.58. The summed E-state index contributed by atoms with van der Waals surface area (Å²) in [7, 11) is 1.31. The van der Waals surface area contributed by atoms with Crippen LogP contribution in [-0.2, 0) is 10.3 Å². The molecule has 10 heteroatoms. The second-order valence-corrected chi connectivity index (χ2v) is 11.3. The number of urea groups is 1.